The summed E-state index contributed by atoms with van der Waals surface area (Å²) in [5.74, 6) is 0. The van der Waals surface area contributed by atoms with Crippen LogP contribution in [0.3, 0.4) is 0 Å². The highest BCUT2D eigenvalue weighted by Crippen LogP contribution is 2.24. The topological polar surface area (TPSA) is 61.2 Å². The summed E-state index contributed by atoms with van der Waals surface area (Å²) in [6.45, 7) is 0.276. The molecule has 0 saturated heterocycles. The number of benzene rings is 1. The first-order valence-electron chi connectivity index (χ1n) is 5.63. The van der Waals surface area contributed by atoms with E-state index in [0.29, 0.717) is 0 Å². The molecular formula is C13H11BrN2O2S2. The van der Waals surface area contributed by atoms with Crippen LogP contribution in [-0.2, 0) is 16.6 Å². The van der Waals surface area contributed by atoms with Gasteiger partial charge in [-0.25, -0.2) is 8.42 Å². The molecule has 0 N–H and O–H groups in total. The monoisotopic (exact) mass is 370 g/mol. The van der Waals surface area contributed by atoms with Crippen molar-refractivity contribution in [3.63, 3.8) is 0 Å². The predicted octanol–water partition coefficient (Wildman–Crippen LogP) is 3.20. The van der Waals surface area contributed by atoms with E-state index in [0.717, 1.165) is 9.35 Å². The van der Waals surface area contributed by atoms with Gasteiger partial charge in [-0.3, -0.25) is 0 Å². The molecule has 0 aliphatic heterocycles. The van der Waals surface area contributed by atoms with Crippen molar-refractivity contribution in [3.8, 4) is 6.07 Å². The van der Waals surface area contributed by atoms with Gasteiger partial charge < -0.3 is 0 Å². The molecular weight excluding hydrogens is 360 g/mol. The summed E-state index contributed by atoms with van der Waals surface area (Å²) >= 11 is 4.82. The van der Waals surface area contributed by atoms with Crippen LogP contribution in [-0.4, -0.2) is 19.8 Å². The third-order valence-corrected chi connectivity index (χ3v) is 6.24. The molecule has 0 saturated carbocycles. The Bertz CT molecular complexity index is 763. The standard InChI is InChI=1S/C13H11BrN2O2S2/c1-16(8-12-6-11(14)9-19-12)20(17,18)13-5-3-2-4-10(13)7-15/h2-6,9H,8H2,1H3. The molecule has 0 aliphatic rings. The van der Waals surface area contributed by atoms with Gasteiger partial charge in [-0.2, -0.15) is 9.57 Å². The van der Waals surface area contributed by atoms with Gasteiger partial charge in [0.1, 0.15) is 6.07 Å². The summed E-state index contributed by atoms with van der Waals surface area (Å²) < 4.78 is 27.2. The zero-order valence-electron chi connectivity index (χ0n) is 10.6. The Morgan fingerprint density at radius 2 is 2.10 bits per heavy atom. The molecule has 20 heavy (non-hydrogen) atoms. The normalized spacial score (nSPS) is 11.5. The average molecular weight is 371 g/mol. The number of nitriles is 1. The summed E-state index contributed by atoms with van der Waals surface area (Å²) in [5.41, 5.74) is 0.159. The highest BCUT2D eigenvalue weighted by molar-refractivity contribution is 9.10. The lowest BCUT2D eigenvalue weighted by Crippen LogP contribution is -2.26. The molecule has 0 bridgehead atoms. The first kappa shape index (κ1) is 15.2. The average Bonchev–Trinajstić information content (AvgIpc) is 2.84. The SMILES string of the molecule is CN(Cc1cc(Br)cs1)S(=O)(=O)c1ccccc1C#N. The number of thiophene rings is 1. The van der Waals surface area contributed by atoms with Crippen molar-refractivity contribution in [2.45, 2.75) is 11.4 Å². The second-order valence-electron chi connectivity index (χ2n) is 4.10. The lowest BCUT2D eigenvalue weighted by atomic mass is 10.2. The first-order valence-corrected chi connectivity index (χ1v) is 8.75. The third-order valence-electron chi connectivity index (χ3n) is 2.70. The molecule has 104 valence electrons. The molecule has 2 aromatic rings. The molecule has 1 aromatic heterocycles. The minimum absolute atomic E-state index is 0.0422. The second-order valence-corrected chi connectivity index (χ2v) is 8.03. The largest absolute Gasteiger partial charge is 0.244 e. The maximum atomic E-state index is 12.5. The van der Waals surface area contributed by atoms with Crippen molar-refractivity contribution in [1.29, 1.82) is 5.26 Å². The van der Waals surface area contributed by atoms with Crippen LogP contribution in [0.4, 0.5) is 0 Å². The molecule has 0 aliphatic carbocycles. The van der Waals surface area contributed by atoms with Gasteiger partial charge in [-0.15, -0.1) is 11.3 Å². The maximum Gasteiger partial charge on any atom is 0.244 e. The fourth-order valence-corrected chi connectivity index (χ4v) is 4.57. The molecule has 2 rings (SSSR count). The minimum atomic E-state index is -3.67. The van der Waals surface area contributed by atoms with Crippen molar-refractivity contribution in [2.24, 2.45) is 0 Å². The summed E-state index contributed by atoms with van der Waals surface area (Å²) in [7, 11) is -2.16. The molecule has 0 atom stereocenters. The van der Waals surface area contributed by atoms with Crippen LogP contribution < -0.4 is 0 Å². The third kappa shape index (κ3) is 3.10. The predicted molar refractivity (Wildman–Crippen MR) is 81.8 cm³/mol. The van der Waals surface area contributed by atoms with Crippen LogP contribution in [0.5, 0.6) is 0 Å². The Morgan fingerprint density at radius 3 is 2.70 bits per heavy atom. The summed E-state index contributed by atoms with van der Waals surface area (Å²) in [6.07, 6.45) is 0. The highest BCUT2D eigenvalue weighted by Gasteiger charge is 2.24. The van der Waals surface area contributed by atoms with Crippen LogP contribution in [0, 0.1) is 11.3 Å². The van der Waals surface area contributed by atoms with E-state index < -0.39 is 10.0 Å². The molecule has 1 aromatic carbocycles. The van der Waals surface area contributed by atoms with Gasteiger partial charge in [0.2, 0.25) is 10.0 Å². The Hall–Kier alpha value is -1.20. The Labute approximate surface area is 130 Å². The van der Waals surface area contributed by atoms with Crippen molar-refractivity contribution in [1.82, 2.24) is 4.31 Å². The molecule has 0 spiro atoms. The fraction of sp³-hybridized carbons (Fsp3) is 0.154. The van der Waals surface area contributed by atoms with Crippen LogP contribution in [0.25, 0.3) is 0 Å². The van der Waals surface area contributed by atoms with Crippen LogP contribution in [0.1, 0.15) is 10.4 Å². The van der Waals surface area contributed by atoms with Gasteiger partial charge in [0.05, 0.1) is 10.5 Å². The van der Waals surface area contributed by atoms with E-state index in [-0.39, 0.29) is 17.0 Å². The maximum absolute atomic E-state index is 12.5. The molecule has 7 heteroatoms. The number of hydrogen-bond acceptors (Lipinski definition) is 4. The van der Waals surface area contributed by atoms with Gasteiger partial charge in [-0.1, -0.05) is 12.1 Å². The van der Waals surface area contributed by atoms with Crippen LogP contribution >= 0.6 is 27.3 Å². The van der Waals surface area contributed by atoms with E-state index in [4.69, 9.17) is 5.26 Å². The number of hydrogen-bond donors (Lipinski definition) is 0. The quantitative estimate of drug-likeness (QED) is 0.829. The first-order chi connectivity index (χ1) is 9.45. The van der Waals surface area contributed by atoms with E-state index in [1.54, 1.807) is 12.1 Å². The molecule has 4 nitrogen and oxygen atoms in total. The fourth-order valence-electron chi connectivity index (χ4n) is 1.69. The minimum Gasteiger partial charge on any atom is -0.207 e. The van der Waals surface area contributed by atoms with Crippen molar-refractivity contribution in [3.05, 3.63) is 50.6 Å². The lowest BCUT2D eigenvalue weighted by Gasteiger charge is -2.17. The van der Waals surface area contributed by atoms with E-state index >= 15 is 0 Å². The summed E-state index contributed by atoms with van der Waals surface area (Å²) in [5, 5.41) is 10.9. The van der Waals surface area contributed by atoms with E-state index in [1.165, 1.54) is 34.8 Å². The molecule has 0 fully saturated rings. The Kier molecular flexibility index (Phi) is 4.60. The zero-order chi connectivity index (χ0) is 14.8. The lowest BCUT2D eigenvalue weighted by molar-refractivity contribution is 0.469. The number of sulfonamides is 1. The zero-order valence-corrected chi connectivity index (χ0v) is 13.8. The smallest absolute Gasteiger partial charge is 0.207 e. The van der Waals surface area contributed by atoms with Crippen LogP contribution in [0.15, 0.2) is 45.1 Å². The van der Waals surface area contributed by atoms with E-state index in [2.05, 4.69) is 15.9 Å². The number of rotatable bonds is 4. The Balaban J connectivity index is 2.32. The van der Waals surface area contributed by atoms with Gasteiger partial charge in [0, 0.05) is 28.3 Å². The van der Waals surface area contributed by atoms with E-state index in [9.17, 15) is 8.42 Å². The Morgan fingerprint density at radius 1 is 1.40 bits per heavy atom. The molecule has 0 unspecified atom stereocenters. The second kappa shape index (κ2) is 6.06. The number of halogens is 1. The van der Waals surface area contributed by atoms with Gasteiger partial charge in [-0.05, 0) is 34.1 Å². The van der Waals surface area contributed by atoms with Crippen molar-refractivity contribution >= 4 is 37.3 Å². The molecule has 0 radical (unpaired) electrons. The van der Waals surface area contributed by atoms with Crippen molar-refractivity contribution in [2.75, 3.05) is 7.05 Å². The molecule has 1 heterocycles. The van der Waals surface area contributed by atoms with Crippen molar-refractivity contribution < 1.29 is 8.42 Å². The summed E-state index contributed by atoms with van der Waals surface area (Å²) in [4.78, 5) is 0.970. The van der Waals surface area contributed by atoms with E-state index in [1.807, 2.05) is 17.5 Å². The van der Waals surface area contributed by atoms with Crippen LogP contribution in [0.2, 0.25) is 0 Å². The van der Waals surface area contributed by atoms with Gasteiger partial charge in [0.15, 0.2) is 0 Å². The molecule has 0 amide bonds. The van der Waals surface area contributed by atoms with Gasteiger partial charge >= 0.3 is 0 Å². The highest BCUT2D eigenvalue weighted by atomic mass is 79.9. The van der Waals surface area contributed by atoms with Gasteiger partial charge in [0.25, 0.3) is 0 Å². The number of nitrogens with zero attached hydrogens (tertiary/aromatic N) is 2. The summed E-state index contributed by atoms with van der Waals surface area (Å²) in [6, 6.07) is 10.0.